The van der Waals surface area contributed by atoms with Gasteiger partial charge in [-0.3, -0.25) is 4.99 Å². The molecule has 1 aliphatic heterocycles. The summed E-state index contributed by atoms with van der Waals surface area (Å²) in [6.45, 7) is 1.42. The highest BCUT2D eigenvalue weighted by atomic mass is 19.3. The minimum atomic E-state index is -3.07. The molecule has 15 heavy (non-hydrogen) atoms. The van der Waals surface area contributed by atoms with Gasteiger partial charge in [0.2, 0.25) is 5.95 Å². The molecule has 0 spiro atoms. The van der Waals surface area contributed by atoms with Crippen LogP contribution in [-0.2, 0) is 0 Å². The number of halogens is 3. The summed E-state index contributed by atoms with van der Waals surface area (Å²) in [5.41, 5.74) is -0.688. The zero-order chi connectivity index (χ0) is 11.1. The number of nitrogens with zero attached hydrogens (tertiary/aromatic N) is 2. The molecule has 1 aromatic rings. The summed E-state index contributed by atoms with van der Waals surface area (Å²) >= 11 is 0. The second-order valence-corrected chi connectivity index (χ2v) is 3.56. The van der Waals surface area contributed by atoms with Crippen LogP contribution in [0.3, 0.4) is 0 Å². The van der Waals surface area contributed by atoms with Crippen LogP contribution in [0.15, 0.2) is 23.3 Å². The monoisotopic (exact) mass is 214 g/mol. The second kappa shape index (κ2) is 3.32. The fourth-order valence-corrected chi connectivity index (χ4v) is 1.51. The minimum absolute atomic E-state index is 0.0245. The number of aliphatic imine (C=N–C) groups is 1. The molecule has 1 unspecified atom stereocenters. The third-order valence-electron chi connectivity index (χ3n) is 2.47. The van der Waals surface area contributed by atoms with E-state index in [1.165, 1.54) is 25.3 Å². The minimum Gasteiger partial charge on any atom is -0.282 e. The van der Waals surface area contributed by atoms with Gasteiger partial charge in [-0.2, -0.15) is 13.2 Å². The van der Waals surface area contributed by atoms with Crippen LogP contribution in [0.4, 0.5) is 13.2 Å². The SMILES string of the molecule is CC1CN=C(c2cccnc2F)C1(F)F. The van der Waals surface area contributed by atoms with E-state index in [-0.39, 0.29) is 12.1 Å². The number of hydrogen-bond acceptors (Lipinski definition) is 2. The predicted molar refractivity (Wildman–Crippen MR) is 49.7 cm³/mol. The standard InChI is InChI=1S/C10H9F3N2/c1-6-5-15-8(10(6,12)13)7-3-2-4-14-9(7)11/h2-4,6H,5H2,1H3. The van der Waals surface area contributed by atoms with Crippen molar-refractivity contribution in [3.05, 3.63) is 29.8 Å². The van der Waals surface area contributed by atoms with Gasteiger partial charge in [-0.15, -0.1) is 0 Å². The Kier molecular flexibility index (Phi) is 2.25. The van der Waals surface area contributed by atoms with Crippen molar-refractivity contribution >= 4 is 5.71 Å². The summed E-state index contributed by atoms with van der Waals surface area (Å²) in [5.74, 6) is -4.85. The molecule has 0 radical (unpaired) electrons. The zero-order valence-corrected chi connectivity index (χ0v) is 8.04. The summed E-state index contributed by atoms with van der Waals surface area (Å²) in [4.78, 5) is 7.02. The van der Waals surface area contributed by atoms with Gasteiger partial charge in [0.1, 0.15) is 5.71 Å². The van der Waals surface area contributed by atoms with E-state index >= 15 is 0 Å². The Bertz CT molecular complexity index is 415. The molecule has 1 aliphatic rings. The molecule has 0 amide bonds. The highest BCUT2D eigenvalue weighted by molar-refractivity contribution is 6.06. The average molecular weight is 214 g/mol. The average Bonchev–Trinajstić information content (AvgIpc) is 2.44. The van der Waals surface area contributed by atoms with E-state index in [4.69, 9.17) is 0 Å². The molecule has 1 aromatic heterocycles. The Hall–Kier alpha value is -1.39. The first kappa shape index (κ1) is 10.1. The molecule has 2 nitrogen and oxygen atoms in total. The van der Waals surface area contributed by atoms with E-state index in [0.717, 1.165) is 0 Å². The van der Waals surface area contributed by atoms with Crippen molar-refractivity contribution in [2.75, 3.05) is 6.54 Å². The first-order chi connectivity index (χ1) is 7.03. The van der Waals surface area contributed by atoms with Gasteiger partial charge in [-0.25, -0.2) is 4.98 Å². The summed E-state index contributed by atoms with van der Waals surface area (Å²) in [6, 6.07) is 2.69. The van der Waals surface area contributed by atoms with Gasteiger partial charge in [-0.1, -0.05) is 6.92 Å². The van der Waals surface area contributed by atoms with Crippen LogP contribution in [0.1, 0.15) is 12.5 Å². The second-order valence-electron chi connectivity index (χ2n) is 3.56. The molecule has 0 bridgehead atoms. The summed E-state index contributed by atoms with van der Waals surface area (Å²) in [5, 5.41) is 0. The molecular formula is C10H9F3N2. The van der Waals surface area contributed by atoms with Gasteiger partial charge in [0, 0.05) is 18.7 Å². The quantitative estimate of drug-likeness (QED) is 0.658. The van der Waals surface area contributed by atoms with Gasteiger partial charge in [0.25, 0.3) is 5.92 Å². The number of rotatable bonds is 1. The molecule has 80 valence electrons. The van der Waals surface area contributed by atoms with Crippen molar-refractivity contribution in [1.82, 2.24) is 4.98 Å². The van der Waals surface area contributed by atoms with E-state index in [0.29, 0.717) is 0 Å². The summed E-state index contributed by atoms with van der Waals surface area (Å²) < 4.78 is 40.3. The normalized spacial score (nSPS) is 24.0. The number of hydrogen-bond donors (Lipinski definition) is 0. The highest BCUT2D eigenvalue weighted by Gasteiger charge is 2.47. The van der Waals surface area contributed by atoms with E-state index in [1.807, 2.05) is 0 Å². The lowest BCUT2D eigenvalue weighted by atomic mass is 9.99. The highest BCUT2D eigenvalue weighted by Crippen LogP contribution is 2.34. The molecule has 0 fully saturated rings. The van der Waals surface area contributed by atoms with Crippen LogP contribution >= 0.6 is 0 Å². The Morgan fingerprint density at radius 3 is 2.73 bits per heavy atom. The Morgan fingerprint density at radius 2 is 2.20 bits per heavy atom. The van der Waals surface area contributed by atoms with E-state index in [2.05, 4.69) is 9.98 Å². The molecule has 0 aromatic carbocycles. The Morgan fingerprint density at radius 1 is 1.47 bits per heavy atom. The van der Waals surface area contributed by atoms with Crippen molar-refractivity contribution in [3.8, 4) is 0 Å². The van der Waals surface area contributed by atoms with Crippen molar-refractivity contribution in [2.24, 2.45) is 10.9 Å². The first-order valence-corrected chi connectivity index (χ1v) is 4.57. The maximum absolute atomic E-state index is 13.5. The lowest BCUT2D eigenvalue weighted by Gasteiger charge is -2.16. The molecule has 0 aliphatic carbocycles. The predicted octanol–water partition coefficient (Wildman–Crippen LogP) is 2.29. The van der Waals surface area contributed by atoms with Crippen LogP contribution in [-0.4, -0.2) is 23.2 Å². The molecule has 0 saturated carbocycles. The number of aromatic nitrogens is 1. The molecule has 1 atom stereocenters. The third-order valence-corrected chi connectivity index (χ3v) is 2.47. The van der Waals surface area contributed by atoms with Crippen LogP contribution in [0.25, 0.3) is 0 Å². The smallest absolute Gasteiger partial charge is 0.282 e. The van der Waals surface area contributed by atoms with Crippen LogP contribution < -0.4 is 0 Å². The summed E-state index contributed by atoms with van der Waals surface area (Å²) in [6.07, 6.45) is 1.22. The summed E-state index contributed by atoms with van der Waals surface area (Å²) in [7, 11) is 0. The molecule has 2 heterocycles. The fraction of sp³-hybridized carbons (Fsp3) is 0.400. The lowest BCUT2D eigenvalue weighted by Crippen LogP contribution is -2.32. The van der Waals surface area contributed by atoms with E-state index in [9.17, 15) is 13.2 Å². The van der Waals surface area contributed by atoms with E-state index in [1.54, 1.807) is 0 Å². The van der Waals surface area contributed by atoms with Gasteiger partial charge in [-0.05, 0) is 12.1 Å². The van der Waals surface area contributed by atoms with Gasteiger partial charge < -0.3 is 0 Å². The largest absolute Gasteiger partial charge is 0.294 e. The van der Waals surface area contributed by atoms with Gasteiger partial charge >= 0.3 is 0 Å². The zero-order valence-electron chi connectivity index (χ0n) is 8.04. The van der Waals surface area contributed by atoms with Crippen molar-refractivity contribution in [3.63, 3.8) is 0 Å². The molecule has 0 saturated heterocycles. The fourth-order valence-electron chi connectivity index (χ4n) is 1.51. The van der Waals surface area contributed by atoms with Gasteiger partial charge in [0.15, 0.2) is 0 Å². The van der Waals surface area contributed by atoms with Crippen molar-refractivity contribution < 1.29 is 13.2 Å². The van der Waals surface area contributed by atoms with Crippen molar-refractivity contribution in [1.29, 1.82) is 0 Å². The topological polar surface area (TPSA) is 25.2 Å². The third kappa shape index (κ3) is 1.52. The maximum atomic E-state index is 13.5. The Labute approximate surface area is 84.9 Å². The van der Waals surface area contributed by atoms with E-state index < -0.39 is 23.5 Å². The van der Waals surface area contributed by atoms with Crippen LogP contribution in [0.2, 0.25) is 0 Å². The first-order valence-electron chi connectivity index (χ1n) is 4.57. The lowest BCUT2D eigenvalue weighted by molar-refractivity contribution is 0.0355. The molecular weight excluding hydrogens is 205 g/mol. The maximum Gasteiger partial charge on any atom is 0.294 e. The Balaban J connectivity index is 2.46. The van der Waals surface area contributed by atoms with Crippen molar-refractivity contribution in [2.45, 2.75) is 12.8 Å². The number of alkyl halides is 2. The number of pyridine rings is 1. The molecule has 0 N–H and O–H groups in total. The van der Waals surface area contributed by atoms with Gasteiger partial charge in [0.05, 0.1) is 5.56 Å². The molecule has 5 heteroatoms. The van der Waals surface area contributed by atoms with Crippen LogP contribution in [0.5, 0.6) is 0 Å². The molecule has 2 rings (SSSR count). The van der Waals surface area contributed by atoms with Crippen LogP contribution in [0, 0.1) is 11.9 Å².